The molecule has 0 unspecified atom stereocenters. The van der Waals surface area contributed by atoms with Crippen LogP contribution in [0.3, 0.4) is 0 Å². The minimum absolute atomic E-state index is 0.0479. The molecule has 1 saturated heterocycles. The van der Waals surface area contributed by atoms with Crippen LogP contribution in [-0.4, -0.2) is 48.0 Å². The maximum absolute atomic E-state index is 12.4. The Kier molecular flexibility index (Phi) is 5.11. The van der Waals surface area contributed by atoms with Crippen molar-refractivity contribution in [2.45, 2.75) is 57.1 Å². The number of rotatable bonds is 7. The van der Waals surface area contributed by atoms with Gasteiger partial charge in [0.2, 0.25) is 0 Å². The Bertz CT molecular complexity index is 754. The molecule has 0 spiro atoms. The van der Waals surface area contributed by atoms with Crippen LogP contribution in [-0.2, 0) is 4.74 Å². The molecule has 0 radical (unpaired) electrons. The van der Waals surface area contributed by atoms with E-state index in [0.29, 0.717) is 29.5 Å². The Morgan fingerprint density at radius 1 is 1.11 bits per heavy atom. The van der Waals surface area contributed by atoms with Gasteiger partial charge < -0.3 is 15.4 Å². The molecule has 27 heavy (non-hydrogen) atoms. The number of hydrogen-bond donors (Lipinski definition) is 2. The van der Waals surface area contributed by atoms with Crippen LogP contribution in [0.2, 0.25) is 0 Å². The zero-order chi connectivity index (χ0) is 18.8. The normalized spacial score (nSPS) is 21.5. The molecule has 1 atom stereocenters. The van der Waals surface area contributed by atoms with Gasteiger partial charge in [0.15, 0.2) is 0 Å². The average molecular weight is 371 g/mol. The highest BCUT2D eigenvalue weighted by atomic mass is 16.5. The maximum atomic E-state index is 12.4. The van der Waals surface area contributed by atoms with Crippen LogP contribution in [0.4, 0.5) is 10.5 Å². The number of benzene rings is 1. The number of nitrogens with one attached hydrogen (secondary N) is 2. The number of hydrogen-bond acceptors (Lipinski definition) is 4. The lowest BCUT2D eigenvalue weighted by atomic mass is 10.1. The van der Waals surface area contributed by atoms with Gasteiger partial charge in [-0.1, -0.05) is 0 Å². The van der Waals surface area contributed by atoms with Crippen LogP contribution in [0.1, 0.15) is 65.7 Å². The first-order valence-corrected chi connectivity index (χ1v) is 9.82. The Morgan fingerprint density at radius 2 is 1.93 bits per heavy atom. The number of amides is 4. The Balaban J connectivity index is 1.24. The lowest BCUT2D eigenvalue weighted by Crippen LogP contribution is -2.31. The van der Waals surface area contributed by atoms with E-state index in [1.54, 1.807) is 18.2 Å². The summed E-state index contributed by atoms with van der Waals surface area (Å²) in [6, 6.07) is 4.62. The van der Waals surface area contributed by atoms with E-state index in [2.05, 4.69) is 10.6 Å². The number of anilines is 1. The molecular formula is C20H25N3O4. The molecule has 4 amide bonds. The van der Waals surface area contributed by atoms with E-state index in [1.807, 2.05) is 0 Å². The van der Waals surface area contributed by atoms with Gasteiger partial charge >= 0.3 is 6.03 Å². The smallest absolute Gasteiger partial charge is 0.319 e. The van der Waals surface area contributed by atoms with Crippen LogP contribution in [0.25, 0.3) is 0 Å². The first kappa shape index (κ1) is 18.0. The van der Waals surface area contributed by atoms with Crippen molar-refractivity contribution in [2.24, 2.45) is 0 Å². The fraction of sp³-hybridized carbons (Fsp3) is 0.550. The van der Waals surface area contributed by atoms with Crippen molar-refractivity contribution >= 4 is 23.5 Å². The minimum Gasteiger partial charge on any atom is -0.378 e. The number of nitrogens with zero attached hydrogens (tertiary/aromatic N) is 1. The Hall–Kier alpha value is -2.41. The number of fused-ring (bicyclic) bond motifs is 1. The average Bonchev–Trinajstić information content (AvgIpc) is 3.28. The van der Waals surface area contributed by atoms with E-state index in [9.17, 15) is 14.4 Å². The summed E-state index contributed by atoms with van der Waals surface area (Å²) in [7, 11) is 0. The zero-order valence-electron chi connectivity index (χ0n) is 15.3. The summed E-state index contributed by atoms with van der Waals surface area (Å²) in [5, 5.41) is 5.57. The number of carbonyl (C=O) groups excluding carboxylic acids is 3. The third kappa shape index (κ3) is 3.98. The summed E-state index contributed by atoms with van der Waals surface area (Å²) < 4.78 is 5.58. The van der Waals surface area contributed by atoms with E-state index in [1.165, 1.54) is 4.90 Å². The molecule has 1 saturated carbocycles. The highest BCUT2D eigenvalue weighted by Gasteiger charge is 2.44. The van der Waals surface area contributed by atoms with Gasteiger partial charge in [-0.2, -0.15) is 0 Å². The van der Waals surface area contributed by atoms with Gasteiger partial charge in [-0.25, -0.2) is 4.79 Å². The van der Waals surface area contributed by atoms with Crippen molar-refractivity contribution < 1.29 is 19.1 Å². The molecule has 2 fully saturated rings. The largest absolute Gasteiger partial charge is 0.378 e. The molecule has 7 nitrogen and oxygen atoms in total. The van der Waals surface area contributed by atoms with Gasteiger partial charge in [-0.05, 0) is 63.1 Å². The van der Waals surface area contributed by atoms with E-state index in [0.717, 1.165) is 51.6 Å². The Labute approximate surface area is 158 Å². The second-order valence-electron chi connectivity index (χ2n) is 7.48. The van der Waals surface area contributed by atoms with Gasteiger partial charge in [0.25, 0.3) is 11.8 Å². The fourth-order valence-electron chi connectivity index (χ4n) is 3.75. The first-order chi connectivity index (χ1) is 13.1. The summed E-state index contributed by atoms with van der Waals surface area (Å²) in [6.45, 7) is 1.47. The molecular weight excluding hydrogens is 346 g/mol. The minimum atomic E-state index is -0.303. The Morgan fingerprint density at radius 3 is 2.67 bits per heavy atom. The van der Waals surface area contributed by atoms with Crippen LogP contribution < -0.4 is 10.6 Å². The maximum Gasteiger partial charge on any atom is 0.319 e. The van der Waals surface area contributed by atoms with Gasteiger partial charge in [-0.15, -0.1) is 0 Å². The molecule has 3 aliphatic rings. The third-order valence-corrected chi connectivity index (χ3v) is 5.35. The standard InChI is InChI=1S/C20H25N3O4/c24-18-16-9-6-13(12-17(16)19(25)23(18)14-7-8-14)22-20(26)21-10-2-1-4-15-5-3-11-27-15/h6,9,12,14-15H,1-5,7-8,10-11H2,(H2,21,22,26)/t15-/m1/s1. The zero-order valence-corrected chi connectivity index (χ0v) is 15.3. The molecule has 144 valence electrons. The summed E-state index contributed by atoms with van der Waals surface area (Å²) in [5.74, 6) is -0.476. The topological polar surface area (TPSA) is 87.7 Å². The summed E-state index contributed by atoms with van der Waals surface area (Å²) in [5.41, 5.74) is 1.32. The molecule has 4 rings (SSSR count). The predicted octanol–water partition coefficient (Wildman–Crippen LogP) is 2.92. The number of unbranched alkanes of at least 4 members (excludes halogenated alkanes) is 1. The molecule has 1 aromatic rings. The van der Waals surface area contributed by atoms with E-state index in [4.69, 9.17) is 4.74 Å². The van der Waals surface area contributed by atoms with E-state index < -0.39 is 0 Å². The van der Waals surface area contributed by atoms with Gasteiger partial charge in [0, 0.05) is 24.9 Å². The monoisotopic (exact) mass is 371 g/mol. The van der Waals surface area contributed by atoms with Crippen molar-refractivity contribution in [3.8, 4) is 0 Å². The van der Waals surface area contributed by atoms with Crippen molar-refractivity contribution in [3.63, 3.8) is 0 Å². The van der Waals surface area contributed by atoms with E-state index in [-0.39, 0.29) is 23.9 Å². The van der Waals surface area contributed by atoms with Crippen molar-refractivity contribution in [1.29, 1.82) is 0 Å². The second-order valence-corrected chi connectivity index (χ2v) is 7.48. The third-order valence-electron chi connectivity index (χ3n) is 5.35. The van der Waals surface area contributed by atoms with Crippen molar-refractivity contribution in [3.05, 3.63) is 29.3 Å². The predicted molar refractivity (Wildman–Crippen MR) is 99.8 cm³/mol. The lowest BCUT2D eigenvalue weighted by molar-refractivity contribution is 0.0642. The number of urea groups is 1. The van der Waals surface area contributed by atoms with Crippen LogP contribution in [0, 0.1) is 0 Å². The van der Waals surface area contributed by atoms with Crippen molar-refractivity contribution in [1.82, 2.24) is 10.2 Å². The van der Waals surface area contributed by atoms with Gasteiger partial charge in [-0.3, -0.25) is 14.5 Å². The van der Waals surface area contributed by atoms with Crippen LogP contribution in [0.5, 0.6) is 0 Å². The number of imide groups is 1. The second kappa shape index (κ2) is 7.68. The molecule has 2 N–H and O–H groups in total. The van der Waals surface area contributed by atoms with Crippen LogP contribution in [0.15, 0.2) is 18.2 Å². The molecule has 7 heteroatoms. The SMILES string of the molecule is O=C(NCCCC[C@@H]1CCCO1)Nc1ccc2c(c1)C(=O)N(C1CC1)C2=O. The molecule has 0 bridgehead atoms. The first-order valence-electron chi connectivity index (χ1n) is 9.82. The molecule has 1 aliphatic carbocycles. The molecule has 2 aliphatic heterocycles. The summed E-state index contributed by atoms with van der Waals surface area (Å²) >= 11 is 0. The van der Waals surface area contributed by atoms with Gasteiger partial charge in [0.05, 0.1) is 17.2 Å². The molecule has 2 heterocycles. The van der Waals surface area contributed by atoms with E-state index >= 15 is 0 Å². The lowest BCUT2D eigenvalue weighted by Gasteiger charge is -2.11. The quantitative estimate of drug-likeness (QED) is 0.570. The highest BCUT2D eigenvalue weighted by molar-refractivity contribution is 6.22. The number of carbonyl (C=O) groups is 3. The number of ether oxygens (including phenoxy) is 1. The van der Waals surface area contributed by atoms with Crippen LogP contribution >= 0.6 is 0 Å². The highest BCUT2D eigenvalue weighted by Crippen LogP contribution is 2.35. The van der Waals surface area contributed by atoms with Crippen molar-refractivity contribution in [2.75, 3.05) is 18.5 Å². The molecule has 0 aromatic heterocycles. The summed E-state index contributed by atoms with van der Waals surface area (Å²) in [4.78, 5) is 38.2. The van der Waals surface area contributed by atoms with Gasteiger partial charge in [0.1, 0.15) is 0 Å². The summed E-state index contributed by atoms with van der Waals surface area (Å²) in [6.07, 6.45) is 7.42. The fourth-order valence-corrected chi connectivity index (χ4v) is 3.75. The molecule has 1 aromatic carbocycles.